The van der Waals surface area contributed by atoms with E-state index >= 15 is 0 Å². The number of ether oxygens (including phenoxy) is 1. The van der Waals surface area contributed by atoms with Gasteiger partial charge >= 0.3 is 5.97 Å². The lowest BCUT2D eigenvalue weighted by Crippen LogP contribution is -2.12. The molecule has 0 atom stereocenters. The highest BCUT2D eigenvalue weighted by atomic mass is 32.2. The Bertz CT molecular complexity index is 507. The van der Waals surface area contributed by atoms with Crippen LogP contribution < -0.4 is 9.46 Å². The van der Waals surface area contributed by atoms with E-state index in [1.165, 1.54) is 12.1 Å². The number of para-hydroxylation sites is 2. The maximum absolute atomic E-state index is 11.0. The summed E-state index contributed by atoms with van der Waals surface area (Å²) in [5, 5.41) is 0. The Morgan fingerprint density at radius 2 is 2.06 bits per heavy atom. The lowest BCUT2D eigenvalue weighted by molar-refractivity contribution is -0.128. The zero-order valence-corrected chi connectivity index (χ0v) is 9.45. The minimum Gasteiger partial charge on any atom is -0.421 e. The fourth-order valence-electron chi connectivity index (χ4n) is 0.990. The van der Waals surface area contributed by atoms with Crippen molar-refractivity contribution in [1.29, 1.82) is 0 Å². The molecule has 0 unspecified atom stereocenters. The van der Waals surface area contributed by atoms with Gasteiger partial charge in [0.2, 0.25) is 10.0 Å². The van der Waals surface area contributed by atoms with E-state index in [9.17, 15) is 13.2 Å². The van der Waals surface area contributed by atoms with Crippen LogP contribution in [0.15, 0.2) is 36.9 Å². The first-order valence-electron chi connectivity index (χ1n) is 4.33. The van der Waals surface area contributed by atoms with Crippen LogP contribution in [-0.2, 0) is 14.8 Å². The third-order valence-corrected chi connectivity index (χ3v) is 2.15. The molecule has 0 aliphatic rings. The van der Waals surface area contributed by atoms with Crippen LogP contribution >= 0.6 is 0 Å². The number of sulfonamides is 1. The molecule has 16 heavy (non-hydrogen) atoms. The molecule has 1 rings (SSSR count). The highest BCUT2D eigenvalue weighted by Crippen LogP contribution is 2.24. The third-order valence-electron chi connectivity index (χ3n) is 1.56. The van der Waals surface area contributed by atoms with E-state index in [0.717, 1.165) is 12.3 Å². The molecule has 0 saturated carbocycles. The first-order valence-corrected chi connectivity index (χ1v) is 6.22. The van der Waals surface area contributed by atoms with Crippen molar-refractivity contribution in [3.05, 3.63) is 36.9 Å². The van der Waals surface area contributed by atoms with Gasteiger partial charge in [0, 0.05) is 6.08 Å². The van der Waals surface area contributed by atoms with Crippen LogP contribution in [0.4, 0.5) is 5.69 Å². The summed E-state index contributed by atoms with van der Waals surface area (Å²) in [6.07, 6.45) is 2.01. The van der Waals surface area contributed by atoms with E-state index in [-0.39, 0.29) is 11.4 Å². The van der Waals surface area contributed by atoms with Crippen molar-refractivity contribution in [3.63, 3.8) is 0 Å². The van der Waals surface area contributed by atoms with Gasteiger partial charge in [-0.05, 0) is 12.1 Å². The van der Waals surface area contributed by atoms with Crippen LogP contribution in [0.3, 0.4) is 0 Å². The Hall–Kier alpha value is -1.82. The molecule has 0 spiro atoms. The summed E-state index contributed by atoms with van der Waals surface area (Å²) in [5.74, 6) is -0.513. The highest BCUT2D eigenvalue weighted by molar-refractivity contribution is 7.92. The molecule has 0 saturated heterocycles. The Kier molecular flexibility index (Phi) is 3.68. The standard InChI is InChI=1S/C10H11NO4S/c1-3-10(12)15-9-7-5-4-6-8(9)11-16(2,13)14/h3-7,11H,1H2,2H3. The van der Waals surface area contributed by atoms with Crippen LogP contribution in [0.5, 0.6) is 5.75 Å². The van der Waals surface area contributed by atoms with Gasteiger partial charge in [-0.15, -0.1) is 0 Å². The predicted molar refractivity (Wildman–Crippen MR) is 60.7 cm³/mol. The van der Waals surface area contributed by atoms with Crippen LogP contribution in [0, 0.1) is 0 Å². The molecule has 1 aromatic rings. The highest BCUT2D eigenvalue weighted by Gasteiger charge is 2.09. The monoisotopic (exact) mass is 241 g/mol. The summed E-state index contributed by atoms with van der Waals surface area (Å²) in [5.41, 5.74) is 0.209. The number of hydrogen-bond acceptors (Lipinski definition) is 4. The van der Waals surface area contributed by atoms with Crippen LogP contribution in [0.2, 0.25) is 0 Å². The average molecular weight is 241 g/mol. The van der Waals surface area contributed by atoms with Gasteiger partial charge in [-0.25, -0.2) is 13.2 Å². The number of esters is 1. The van der Waals surface area contributed by atoms with E-state index in [0.29, 0.717) is 0 Å². The van der Waals surface area contributed by atoms with Crippen molar-refractivity contribution in [3.8, 4) is 5.75 Å². The quantitative estimate of drug-likeness (QED) is 0.487. The first-order chi connectivity index (χ1) is 7.42. The molecule has 0 amide bonds. The average Bonchev–Trinajstić information content (AvgIpc) is 2.18. The smallest absolute Gasteiger partial charge is 0.335 e. The Morgan fingerprint density at radius 3 is 2.62 bits per heavy atom. The van der Waals surface area contributed by atoms with Gasteiger partial charge < -0.3 is 4.74 Å². The first kappa shape index (κ1) is 12.3. The van der Waals surface area contributed by atoms with Crippen molar-refractivity contribution in [2.45, 2.75) is 0 Å². The van der Waals surface area contributed by atoms with Gasteiger partial charge in [-0.3, -0.25) is 4.72 Å². The zero-order chi connectivity index (χ0) is 12.2. The molecular weight excluding hydrogens is 230 g/mol. The van der Waals surface area contributed by atoms with Gasteiger partial charge in [0.1, 0.15) is 0 Å². The molecule has 0 aromatic heterocycles. The lowest BCUT2D eigenvalue weighted by Gasteiger charge is -2.09. The molecule has 0 heterocycles. The molecule has 5 nitrogen and oxygen atoms in total. The van der Waals surface area contributed by atoms with E-state index < -0.39 is 16.0 Å². The molecular formula is C10H11NO4S. The Morgan fingerprint density at radius 1 is 1.44 bits per heavy atom. The molecule has 86 valence electrons. The maximum atomic E-state index is 11.0. The summed E-state index contributed by atoms with van der Waals surface area (Å²) in [7, 11) is -3.41. The number of hydrogen-bond donors (Lipinski definition) is 1. The van der Waals surface area contributed by atoms with E-state index in [1.807, 2.05) is 0 Å². The molecule has 1 N–H and O–H groups in total. The summed E-state index contributed by atoms with van der Waals surface area (Å²) in [6, 6.07) is 6.22. The molecule has 0 fully saturated rings. The second-order valence-electron chi connectivity index (χ2n) is 3.00. The molecule has 0 bridgehead atoms. The van der Waals surface area contributed by atoms with Crippen molar-refractivity contribution >= 4 is 21.7 Å². The second kappa shape index (κ2) is 4.80. The van der Waals surface area contributed by atoms with E-state index in [2.05, 4.69) is 11.3 Å². The molecule has 0 radical (unpaired) electrons. The topological polar surface area (TPSA) is 72.5 Å². The number of rotatable bonds is 4. The summed E-state index contributed by atoms with van der Waals surface area (Å²) < 4.78 is 29.2. The fraction of sp³-hybridized carbons (Fsp3) is 0.100. The van der Waals surface area contributed by atoms with Crippen molar-refractivity contribution in [1.82, 2.24) is 0 Å². The third kappa shape index (κ3) is 3.74. The molecule has 0 aliphatic carbocycles. The molecule has 1 aromatic carbocycles. The normalized spacial score (nSPS) is 10.6. The molecule has 6 heteroatoms. The fourth-order valence-corrected chi connectivity index (χ4v) is 1.56. The Labute approximate surface area is 93.8 Å². The minimum atomic E-state index is -3.41. The van der Waals surface area contributed by atoms with Gasteiger partial charge in [-0.2, -0.15) is 0 Å². The van der Waals surface area contributed by atoms with Gasteiger partial charge in [0.15, 0.2) is 5.75 Å². The van der Waals surface area contributed by atoms with Gasteiger partial charge in [0.05, 0.1) is 11.9 Å². The summed E-state index contributed by atoms with van der Waals surface area (Å²) in [6.45, 7) is 3.25. The number of carbonyl (C=O) groups excluding carboxylic acids is 1. The lowest BCUT2D eigenvalue weighted by atomic mass is 10.3. The zero-order valence-electron chi connectivity index (χ0n) is 8.64. The van der Waals surface area contributed by atoms with Crippen LogP contribution in [-0.4, -0.2) is 20.6 Å². The largest absolute Gasteiger partial charge is 0.421 e. The van der Waals surface area contributed by atoms with Crippen LogP contribution in [0.1, 0.15) is 0 Å². The maximum Gasteiger partial charge on any atom is 0.335 e. The number of carbonyl (C=O) groups is 1. The second-order valence-corrected chi connectivity index (χ2v) is 4.74. The number of anilines is 1. The number of nitrogens with one attached hydrogen (secondary N) is 1. The van der Waals surface area contributed by atoms with Crippen molar-refractivity contribution in [2.75, 3.05) is 11.0 Å². The minimum absolute atomic E-state index is 0.137. The van der Waals surface area contributed by atoms with Crippen molar-refractivity contribution in [2.24, 2.45) is 0 Å². The molecule has 0 aliphatic heterocycles. The predicted octanol–water partition coefficient (Wildman–Crippen LogP) is 1.15. The van der Waals surface area contributed by atoms with Crippen LogP contribution in [0.25, 0.3) is 0 Å². The van der Waals surface area contributed by atoms with Gasteiger partial charge in [0.25, 0.3) is 0 Å². The van der Waals surface area contributed by atoms with E-state index in [4.69, 9.17) is 4.74 Å². The van der Waals surface area contributed by atoms with Gasteiger partial charge in [-0.1, -0.05) is 18.7 Å². The Balaban J connectivity index is 3.00. The van der Waals surface area contributed by atoms with E-state index in [1.54, 1.807) is 12.1 Å². The SMILES string of the molecule is C=CC(=O)Oc1ccccc1NS(C)(=O)=O. The number of benzene rings is 1. The summed E-state index contributed by atoms with van der Waals surface area (Å²) >= 11 is 0. The summed E-state index contributed by atoms with van der Waals surface area (Å²) in [4.78, 5) is 11.0. The van der Waals surface area contributed by atoms with Crippen molar-refractivity contribution < 1.29 is 17.9 Å².